The SMILES string of the molecule is CCC1CCC(S(=O)c2ncccc2N)CC1. The molecule has 17 heavy (non-hydrogen) atoms. The molecular weight excluding hydrogens is 232 g/mol. The number of pyridine rings is 1. The minimum absolute atomic E-state index is 0.245. The summed E-state index contributed by atoms with van der Waals surface area (Å²) < 4.78 is 12.4. The van der Waals surface area contributed by atoms with Crippen LogP contribution in [-0.2, 0) is 10.8 Å². The minimum Gasteiger partial charge on any atom is -0.396 e. The van der Waals surface area contributed by atoms with Crippen molar-refractivity contribution in [2.75, 3.05) is 5.73 Å². The first kappa shape index (κ1) is 12.6. The highest BCUT2D eigenvalue weighted by Crippen LogP contribution is 2.31. The topological polar surface area (TPSA) is 56.0 Å². The van der Waals surface area contributed by atoms with Crippen LogP contribution in [0.15, 0.2) is 23.4 Å². The zero-order chi connectivity index (χ0) is 12.3. The molecule has 0 spiro atoms. The van der Waals surface area contributed by atoms with Crippen LogP contribution in [0.3, 0.4) is 0 Å². The number of nitrogens with two attached hydrogens (primary N) is 1. The van der Waals surface area contributed by atoms with E-state index < -0.39 is 10.8 Å². The van der Waals surface area contributed by atoms with E-state index in [0.717, 1.165) is 18.8 Å². The molecular formula is C13H20N2OS. The smallest absolute Gasteiger partial charge is 0.150 e. The number of rotatable bonds is 3. The third-order valence-corrected chi connectivity index (χ3v) is 5.46. The van der Waals surface area contributed by atoms with Crippen LogP contribution in [-0.4, -0.2) is 14.4 Å². The highest BCUT2D eigenvalue weighted by atomic mass is 32.2. The normalized spacial score (nSPS) is 26.6. The van der Waals surface area contributed by atoms with Crippen LogP contribution in [0, 0.1) is 5.92 Å². The molecule has 4 heteroatoms. The van der Waals surface area contributed by atoms with E-state index in [1.54, 1.807) is 18.3 Å². The maximum absolute atomic E-state index is 12.4. The molecule has 0 aliphatic heterocycles. The van der Waals surface area contributed by atoms with Crippen molar-refractivity contribution in [3.8, 4) is 0 Å². The lowest BCUT2D eigenvalue weighted by molar-refractivity contribution is 0.353. The predicted octanol–water partition coefficient (Wildman–Crippen LogP) is 2.74. The highest BCUT2D eigenvalue weighted by molar-refractivity contribution is 7.85. The molecule has 1 fully saturated rings. The van der Waals surface area contributed by atoms with Crippen LogP contribution in [0.25, 0.3) is 0 Å². The van der Waals surface area contributed by atoms with Gasteiger partial charge in [-0.1, -0.05) is 13.3 Å². The molecule has 0 radical (unpaired) electrons. The number of hydrogen-bond donors (Lipinski definition) is 1. The maximum Gasteiger partial charge on any atom is 0.150 e. The van der Waals surface area contributed by atoms with Crippen molar-refractivity contribution in [1.82, 2.24) is 4.98 Å². The van der Waals surface area contributed by atoms with Gasteiger partial charge in [-0.25, -0.2) is 4.98 Å². The summed E-state index contributed by atoms with van der Waals surface area (Å²) in [5, 5.41) is 0.822. The van der Waals surface area contributed by atoms with Gasteiger partial charge in [-0.3, -0.25) is 4.21 Å². The zero-order valence-electron chi connectivity index (χ0n) is 10.3. The number of hydrogen-bond acceptors (Lipinski definition) is 3. The van der Waals surface area contributed by atoms with E-state index in [1.165, 1.54) is 19.3 Å². The molecule has 0 aromatic carbocycles. The molecule has 1 aromatic rings. The van der Waals surface area contributed by atoms with Crippen LogP contribution in [0.5, 0.6) is 0 Å². The number of anilines is 1. The summed E-state index contributed by atoms with van der Waals surface area (Å²) in [6, 6.07) is 3.56. The Kier molecular flexibility index (Phi) is 4.15. The van der Waals surface area contributed by atoms with E-state index in [2.05, 4.69) is 11.9 Å². The summed E-state index contributed by atoms with van der Waals surface area (Å²) in [7, 11) is -1.03. The van der Waals surface area contributed by atoms with Gasteiger partial charge >= 0.3 is 0 Å². The summed E-state index contributed by atoms with van der Waals surface area (Å²) in [5.74, 6) is 0.823. The van der Waals surface area contributed by atoms with Crippen LogP contribution < -0.4 is 5.73 Å². The summed E-state index contributed by atoms with van der Waals surface area (Å²) in [6.45, 7) is 2.23. The number of nitrogen functional groups attached to an aromatic ring is 1. The highest BCUT2D eigenvalue weighted by Gasteiger charge is 2.26. The number of aromatic nitrogens is 1. The molecule has 0 amide bonds. The van der Waals surface area contributed by atoms with Gasteiger partial charge in [0, 0.05) is 11.4 Å². The van der Waals surface area contributed by atoms with Crippen molar-refractivity contribution in [1.29, 1.82) is 0 Å². The van der Waals surface area contributed by atoms with Gasteiger partial charge in [0.1, 0.15) is 5.03 Å². The van der Waals surface area contributed by atoms with E-state index >= 15 is 0 Å². The Morgan fingerprint density at radius 3 is 2.71 bits per heavy atom. The standard InChI is InChI=1S/C13H20N2OS/c1-2-10-5-7-11(8-6-10)17(16)13-12(14)4-3-9-15-13/h3-4,9-11H,2,5-8,14H2,1H3. The van der Waals surface area contributed by atoms with Crippen LogP contribution in [0.4, 0.5) is 5.69 Å². The van der Waals surface area contributed by atoms with E-state index in [0.29, 0.717) is 10.7 Å². The predicted molar refractivity (Wildman–Crippen MR) is 71.1 cm³/mol. The Bertz CT molecular complexity index is 400. The van der Waals surface area contributed by atoms with Crippen molar-refractivity contribution in [2.24, 2.45) is 5.92 Å². The molecule has 0 saturated heterocycles. The van der Waals surface area contributed by atoms with Crippen molar-refractivity contribution >= 4 is 16.5 Å². The fourth-order valence-electron chi connectivity index (χ4n) is 2.48. The van der Waals surface area contributed by atoms with Crippen molar-refractivity contribution in [2.45, 2.75) is 49.3 Å². The second-order valence-electron chi connectivity index (χ2n) is 4.75. The van der Waals surface area contributed by atoms with Gasteiger partial charge in [0.2, 0.25) is 0 Å². The van der Waals surface area contributed by atoms with Crippen molar-refractivity contribution in [3.63, 3.8) is 0 Å². The van der Waals surface area contributed by atoms with Crippen LogP contribution in [0.2, 0.25) is 0 Å². The molecule has 2 N–H and O–H groups in total. The van der Waals surface area contributed by atoms with Gasteiger partial charge in [-0.15, -0.1) is 0 Å². The molecule has 2 rings (SSSR count). The Morgan fingerprint density at radius 1 is 1.41 bits per heavy atom. The average Bonchev–Trinajstić information content (AvgIpc) is 2.39. The third kappa shape index (κ3) is 2.86. The molecule has 1 atom stereocenters. The van der Waals surface area contributed by atoms with Crippen LogP contribution >= 0.6 is 0 Å². The van der Waals surface area contributed by atoms with E-state index in [4.69, 9.17) is 5.73 Å². The molecule has 1 aromatic heterocycles. The quantitative estimate of drug-likeness (QED) is 0.900. The van der Waals surface area contributed by atoms with Gasteiger partial charge in [0.25, 0.3) is 0 Å². The molecule has 1 saturated carbocycles. The first-order valence-corrected chi connectivity index (χ1v) is 7.54. The largest absolute Gasteiger partial charge is 0.396 e. The summed E-state index contributed by atoms with van der Waals surface area (Å²) >= 11 is 0. The van der Waals surface area contributed by atoms with Crippen LogP contribution in [0.1, 0.15) is 39.0 Å². The maximum atomic E-state index is 12.4. The lowest BCUT2D eigenvalue weighted by atomic mass is 9.87. The van der Waals surface area contributed by atoms with Gasteiger partial charge in [-0.2, -0.15) is 0 Å². The monoisotopic (exact) mass is 252 g/mol. The second kappa shape index (κ2) is 5.63. The van der Waals surface area contributed by atoms with E-state index in [-0.39, 0.29) is 5.25 Å². The summed E-state index contributed by atoms with van der Waals surface area (Å²) in [6.07, 6.45) is 7.38. The first-order valence-electron chi connectivity index (χ1n) is 6.33. The van der Waals surface area contributed by atoms with Crippen molar-refractivity contribution < 1.29 is 4.21 Å². The lowest BCUT2D eigenvalue weighted by Crippen LogP contribution is -2.24. The molecule has 1 aliphatic rings. The van der Waals surface area contributed by atoms with E-state index in [9.17, 15) is 4.21 Å². The molecule has 3 nitrogen and oxygen atoms in total. The number of nitrogens with zero attached hydrogens (tertiary/aromatic N) is 1. The molecule has 0 bridgehead atoms. The summed E-state index contributed by atoms with van der Waals surface area (Å²) in [4.78, 5) is 4.17. The lowest BCUT2D eigenvalue weighted by Gasteiger charge is -2.27. The fourth-order valence-corrected chi connectivity index (χ4v) is 3.96. The van der Waals surface area contributed by atoms with Gasteiger partial charge in [-0.05, 0) is 43.7 Å². The minimum atomic E-state index is -1.03. The molecule has 1 unspecified atom stereocenters. The van der Waals surface area contributed by atoms with Gasteiger partial charge in [0.15, 0.2) is 0 Å². The Morgan fingerprint density at radius 2 is 2.12 bits per heavy atom. The van der Waals surface area contributed by atoms with Crippen molar-refractivity contribution in [3.05, 3.63) is 18.3 Å². The molecule has 1 aliphatic carbocycles. The molecule has 1 heterocycles. The van der Waals surface area contributed by atoms with Gasteiger partial charge in [0.05, 0.1) is 16.5 Å². The average molecular weight is 252 g/mol. The first-order chi connectivity index (χ1) is 8.22. The van der Waals surface area contributed by atoms with E-state index in [1.807, 2.05) is 0 Å². The Balaban J connectivity index is 2.04. The third-order valence-electron chi connectivity index (χ3n) is 3.67. The Hall–Kier alpha value is -0.900. The second-order valence-corrected chi connectivity index (χ2v) is 6.39. The fraction of sp³-hybridized carbons (Fsp3) is 0.615. The Labute approximate surface area is 105 Å². The zero-order valence-corrected chi connectivity index (χ0v) is 11.1. The molecule has 94 valence electrons. The van der Waals surface area contributed by atoms with Gasteiger partial charge < -0.3 is 5.73 Å². The summed E-state index contributed by atoms with van der Waals surface area (Å²) in [5.41, 5.74) is 6.38.